The molecule has 80 valence electrons. The second-order valence-corrected chi connectivity index (χ2v) is 4.36. The van der Waals surface area contributed by atoms with Gasteiger partial charge in [-0.3, -0.25) is 0 Å². The fourth-order valence-electron chi connectivity index (χ4n) is 1.71. The van der Waals surface area contributed by atoms with E-state index in [1.807, 2.05) is 25.1 Å². The average Bonchev–Trinajstić information content (AvgIpc) is 2.99. The summed E-state index contributed by atoms with van der Waals surface area (Å²) in [6.45, 7) is 4.49. The molecule has 2 nitrogen and oxygen atoms in total. The molecule has 1 aromatic rings. The molecule has 1 aliphatic carbocycles. The van der Waals surface area contributed by atoms with E-state index in [2.05, 4.69) is 13.0 Å². The van der Waals surface area contributed by atoms with E-state index < -0.39 is 0 Å². The van der Waals surface area contributed by atoms with E-state index in [-0.39, 0.29) is 5.97 Å². The lowest BCUT2D eigenvalue weighted by molar-refractivity contribution is 0.0526. The first-order valence-electron chi connectivity index (χ1n) is 5.43. The summed E-state index contributed by atoms with van der Waals surface area (Å²) in [7, 11) is 0. The number of carbonyl (C=O) groups is 1. The fraction of sp³-hybridized carbons (Fsp3) is 0.462. The van der Waals surface area contributed by atoms with Gasteiger partial charge in [0.25, 0.3) is 0 Å². The number of benzene rings is 1. The van der Waals surface area contributed by atoms with E-state index in [0.717, 1.165) is 0 Å². The number of carbonyl (C=O) groups excluding carboxylic acids is 1. The van der Waals surface area contributed by atoms with E-state index in [9.17, 15) is 4.79 Å². The zero-order valence-corrected chi connectivity index (χ0v) is 9.25. The Hall–Kier alpha value is -1.31. The van der Waals surface area contributed by atoms with Crippen LogP contribution in [0.25, 0.3) is 0 Å². The predicted molar refractivity (Wildman–Crippen MR) is 59.0 cm³/mol. The Morgan fingerprint density at radius 3 is 2.80 bits per heavy atom. The quantitative estimate of drug-likeness (QED) is 0.708. The van der Waals surface area contributed by atoms with Crippen molar-refractivity contribution >= 4 is 5.97 Å². The van der Waals surface area contributed by atoms with Crippen LogP contribution in [0, 0.1) is 0 Å². The van der Waals surface area contributed by atoms with Crippen LogP contribution in [0.1, 0.15) is 42.6 Å². The molecule has 0 unspecified atom stereocenters. The van der Waals surface area contributed by atoms with Crippen molar-refractivity contribution in [2.45, 2.75) is 32.1 Å². The Labute approximate surface area is 90.3 Å². The summed E-state index contributed by atoms with van der Waals surface area (Å²) in [6.07, 6.45) is 2.44. The summed E-state index contributed by atoms with van der Waals surface area (Å²) in [5, 5.41) is 0. The van der Waals surface area contributed by atoms with Gasteiger partial charge < -0.3 is 4.74 Å². The summed E-state index contributed by atoms with van der Waals surface area (Å²) < 4.78 is 4.98. The standard InChI is InChI=1S/C13H16O2/c1-3-15-12(14)10-5-4-6-11(9-10)13(2)7-8-13/h4-6,9H,3,7-8H2,1-2H3. The highest BCUT2D eigenvalue weighted by Crippen LogP contribution is 2.47. The smallest absolute Gasteiger partial charge is 0.338 e. The van der Waals surface area contributed by atoms with E-state index in [0.29, 0.717) is 17.6 Å². The Bertz CT molecular complexity index is 378. The zero-order chi connectivity index (χ0) is 10.9. The van der Waals surface area contributed by atoms with Crippen molar-refractivity contribution in [1.82, 2.24) is 0 Å². The van der Waals surface area contributed by atoms with Gasteiger partial charge in [-0.05, 0) is 42.9 Å². The lowest BCUT2D eigenvalue weighted by atomic mass is 9.96. The highest BCUT2D eigenvalue weighted by Gasteiger charge is 2.39. The van der Waals surface area contributed by atoms with Crippen molar-refractivity contribution in [3.05, 3.63) is 35.4 Å². The van der Waals surface area contributed by atoms with E-state index >= 15 is 0 Å². The molecule has 0 bridgehead atoms. The second kappa shape index (κ2) is 3.69. The zero-order valence-electron chi connectivity index (χ0n) is 9.25. The Kier molecular flexibility index (Phi) is 2.51. The van der Waals surface area contributed by atoms with Crippen molar-refractivity contribution in [3.63, 3.8) is 0 Å². The maximum absolute atomic E-state index is 11.5. The Morgan fingerprint density at radius 2 is 2.20 bits per heavy atom. The van der Waals surface area contributed by atoms with Gasteiger partial charge in [-0.15, -0.1) is 0 Å². The van der Waals surface area contributed by atoms with Crippen molar-refractivity contribution in [2.24, 2.45) is 0 Å². The topological polar surface area (TPSA) is 26.3 Å². The summed E-state index contributed by atoms with van der Waals surface area (Å²) in [6, 6.07) is 7.80. The molecular formula is C13H16O2. The van der Waals surface area contributed by atoms with Crippen LogP contribution in [0.3, 0.4) is 0 Å². The van der Waals surface area contributed by atoms with Gasteiger partial charge in [0.15, 0.2) is 0 Å². The molecule has 0 aromatic heterocycles. The van der Waals surface area contributed by atoms with Crippen LogP contribution < -0.4 is 0 Å². The molecule has 0 amide bonds. The monoisotopic (exact) mass is 204 g/mol. The molecule has 2 heteroatoms. The van der Waals surface area contributed by atoms with Gasteiger partial charge in [0.1, 0.15) is 0 Å². The van der Waals surface area contributed by atoms with Gasteiger partial charge in [0.2, 0.25) is 0 Å². The Balaban J connectivity index is 2.23. The molecule has 0 atom stereocenters. The summed E-state index contributed by atoms with van der Waals surface area (Å²) in [4.78, 5) is 11.5. The van der Waals surface area contributed by atoms with Gasteiger partial charge in [-0.1, -0.05) is 19.1 Å². The third kappa shape index (κ3) is 2.04. The van der Waals surface area contributed by atoms with Crippen LogP contribution in [0.15, 0.2) is 24.3 Å². The molecule has 0 spiro atoms. The normalized spacial score (nSPS) is 17.2. The van der Waals surface area contributed by atoms with Gasteiger partial charge in [0, 0.05) is 0 Å². The number of rotatable bonds is 3. The van der Waals surface area contributed by atoms with Crippen LogP contribution in [0.2, 0.25) is 0 Å². The van der Waals surface area contributed by atoms with Crippen molar-refractivity contribution in [2.75, 3.05) is 6.61 Å². The molecule has 0 heterocycles. The second-order valence-electron chi connectivity index (χ2n) is 4.36. The number of esters is 1. The van der Waals surface area contributed by atoms with Crippen molar-refractivity contribution in [3.8, 4) is 0 Å². The van der Waals surface area contributed by atoms with E-state index in [4.69, 9.17) is 4.74 Å². The molecule has 0 saturated heterocycles. The van der Waals surface area contributed by atoms with Gasteiger partial charge in [-0.25, -0.2) is 4.79 Å². The van der Waals surface area contributed by atoms with E-state index in [1.165, 1.54) is 18.4 Å². The van der Waals surface area contributed by atoms with Gasteiger partial charge >= 0.3 is 5.97 Å². The first-order chi connectivity index (χ1) is 7.15. The van der Waals surface area contributed by atoms with Crippen LogP contribution >= 0.6 is 0 Å². The average molecular weight is 204 g/mol. The molecule has 1 aromatic carbocycles. The SMILES string of the molecule is CCOC(=O)c1cccc(C2(C)CC2)c1. The van der Waals surface area contributed by atoms with Gasteiger partial charge in [0.05, 0.1) is 12.2 Å². The van der Waals surface area contributed by atoms with Crippen LogP contribution in [-0.2, 0) is 10.2 Å². The molecule has 0 N–H and O–H groups in total. The Morgan fingerprint density at radius 1 is 1.47 bits per heavy atom. The predicted octanol–water partition coefficient (Wildman–Crippen LogP) is 2.91. The first-order valence-corrected chi connectivity index (χ1v) is 5.43. The van der Waals surface area contributed by atoms with Crippen LogP contribution in [0.5, 0.6) is 0 Å². The maximum atomic E-state index is 11.5. The first kappa shape index (κ1) is 10.2. The minimum atomic E-state index is -0.219. The number of hydrogen-bond donors (Lipinski definition) is 0. The van der Waals surface area contributed by atoms with Crippen LogP contribution in [0.4, 0.5) is 0 Å². The number of hydrogen-bond acceptors (Lipinski definition) is 2. The molecule has 1 saturated carbocycles. The third-order valence-electron chi connectivity index (χ3n) is 3.07. The summed E-state index contributed by atoms with van der Waals surface area (Å²) in [5.74, 6) is -0.219. The van der Waals surface area contributed by atoms with E-state index in [1.54, 1.807) is 0 Å². The minimum Gasteiger partial charge on any atom is -0.462 e. The molecule has 0 radical (unpaired) electrons. The molecule has 15 heavy (non-hydrogen) atoms. The van der Waals surface area contributed by atoms with Gasteiger partial charge in [-0.2, -0.15) is 0 Å². The lowest BCUT2D eigenvalue weighted by Gasteiger charge is -2.10. The number of ether oxygens (including phenoxy) is 1. The molecule has 2 rings (SSSR count). The molecule has 0 aliphatic heterocycles. The van der Waals surface area contributed by atoms with Crippen molar-refractivity contribution in [1.29, 1.82) is 0 Å². The van der Waals surface area contributed by atoms with Crippen LogP contribution in [-0.4, -0.2) is 12.6 Å². The minimum absolute atomic E-state index is 0.219. The maximum Gasteiger partial charge on any atom is 0.338 e. The molecular weight excluding hydrogens is 188 g/mol. The summed E-state index contributed by atoms with van der Waals surface area (Å²) >= 11 is 0. The highest BCUT2D eigenvalue weighted by molar-refractivity contribution is 5.89. The highest BCUT2D eigenvalue weighted by atomic mass is 16.5. The summed E-state index contributed by atoms with van der Waals surface area (Å²) in [5.41, 5.74) is 2.23. The lowest BCUT2D eigenvalue weighted by Crippen LogP contribution is -2.07. The third-order valence-corrected chi connectivity index (χ3v) is 3.07. The molecule has 1 fully saturated rings. The molecule has 1 aliphatic rings. The fourth-order valence-corrected chi connectivity index (χ4v) is 1.71. The van der Waals surface area contributed by atoms with Crippen molar-refractivity contribution < 1.29 is 9.53 Å². The largest absolute Gasteiger partial charge is 0.462 e.